The zero-order valence-corrected chi connectivity index (χ0v) is 12.0. The van der Waals surface area contributed by atoms with Crippen LogP contribution < -0.4 is 0 Å². The van der Waals surface area contributed by atoms with Gasteiger partial charge in [0, 0.05) is 18.0 Å². The number of pyridine rings is 1. The van der Waals surface area contributed by atoms with Crippen molar-refractivity contribution in [3.05, 3.63) is 59.9 Å². The minimum absolute atomic E-state index is 0.307. The number of imidazole rings is 1. The van der Waals surface area contributed by atoms with Gasteiger partial charge in [-0.3, -0.25) is 0 Å². The van der Waals surface area contributed by atoms with Crippen LogP contribution in [0.4, 0.5) is 0 Å². The molecule has 21 heavy (non-hydrogen) atoms. The summed E-state index contributed by atoms with van der Waals surface area (Å²) in [7, 11) is 0. The Hall–Kier alpha value is -2.62. The van der Waals surface area contributed by atoms with Crippen molar-refractivity contribution in [2.75, 3.05) is 6.61 Å². The van der Waals surface area contributed by atoms with Gasteiger partial charge in [0.2, 0.25) is 0 Å². The third-order valence-corrected chi connectivity index (χ3v) is 3.27. The lowest BCUT2D eigenvalue weighted by molar-refractivity contribution is 0.0526. The van der Waals surface area contributed by atoms with Crippen LogP contribution in [0.1, 0.15) is 22.8 Å². The Balaban J connectivity index is 2.02. The molecule has 2 heterocycles. The first-order chi connectivity index (χ1) is 10.2. The molecule has 106 valence electrons. The first kappa shape index (κ1) is 13.4. The van der Waals surface area contributed by atoms with E-state index in [4.69, 9.17) is 4.74 Å². The van der Waals surface area contributed by atoms with Gasteiger partial charge < -0.3 is 9.14 Å². The number of hydrogen-bond acceptors (Lipinski definition) is 3. The summed E-state index contributed by atoms with van der Waals surface area (Å²) in [6.45, 7) is 4.21. The second-order valence-corrected chi connectivity index (χ2v) is 4.90. The summed E-state index contributed by atoms with van der Waals surface area (Å²) in [4.78, 5) is 16.4. The molecule has 0 unspecified atom stereocenters. The molecule has 0 spiro atoms. The number of carbonyl (C=O) groups is 1. The molecule has 0 saturated carbocycles. The minimum Gasteiger partial charge on any atom is -0.462 e. The van der Waals surface area contributed by atoms with Gasteiger partial charge in [-0.25, -0.2) is 9.78 Å². The van der Waals surface area contributed by atoms with E-state index in [1.165, 1.54) is 5.56 Å². The van der Waals surface area contributed by atoms with Crippen molar-refractivity contribution in [2.45, 2.75) is 13.8 Å². The van der Waals surface area contributed by atoms with Gasteiger partial charge in [-0.2, -0.15) is 0 Å². The Morgan fingerprint density at radius 2 is 2.10 bits per heavy atom. The summed E-state index contributed by atoms with van der Waals surface area (Å²) in [6, 6.07) is 11.4. The summed E-state index contributed by atoms with van der Waals surface area (Å²) in [5.74, 6) is -0.307. The fourth-order valence-corrected chi connectivity index (χ4v) is 2.26. The van der Waals surface area contributed by atoms with Gasteiger partial charge in [0.25, 0.3) is 0 Å². The van der Waals surface area contributed by atoms with Crippen molar-refractivity contribution >= 4 is 11.6 Å². The van der Waals surface area contributed by atoms with E-state index >= 15 is 0 Å². The van der Waals surface area contributed by atoms with Gasteiger partial charge in [0.1, 0.15) is 5.65 Å². The number of hydrogen-bond donors (Lipinski definition) is 0. The molecule has 0 saturated heterocycles. The number of aromatic nitrogens is 2. The predicted molar refractivity (Wildman–Crippen MR) is 81.3 cm³/mol. The Morgan fingerprint density at radius 3 is 2.90 bits per heavy atom. The first-order valence-corrected chi connectivity index (χ1v) is 6.90. The Morgan fingerprint density at radius 1 is 1.24 bits per heavy atom. The van der Waals surface area contributed by atoms with E-state index in [0.717, 1.165) is 16.9 Å². The molecule has 3 rings (SSSR count). The lowest BCUT2D eigenvalue weighted by Crippen LogP contribution is -2.04. The number of rotatable bonds is 3. The maximum absolute atomic E-state index is 11.8. The summed E-state index contributed by atoms with van der Waals surface area (Å²) < 4.78 is 7.02. The van der Waals surface area contributed by atoms with Gasteiger partial charge in [-0.05, 0) is 37.6 Å². The summed E-state index contributed by atoms with van der Waals surface area (Å²) in [5.41, 5.74) is 4.35. The molecular formula is C17H16N2O2. The minimum atomic E-state index is -0.307. The topological polar surface area (TPSA) is 43.6 Å². The van der Waals surface area contributed by atoms with Gasteiger partial charge in [-0.15, -0.1) is 0 Å². The number of esters is 1. The number of ether oxygens (including phenoxy) is 1. The number of benzene rings is 1. The molecule has 4 heteroatoms. The smallest absolute Gasteiger partial charge is 0.338 e. The second kappa shape index (κ2) is 5.40. The largest absolute Gasteiger partial charge is 0.462 e. The van der Waals surface area contributed by atoms with Crippen LogP contribution in [0.15, 0.2) is 48.8 Å². The molecule has 2 aromatic heterocycles. The van der Waals surface area contributed by atoms with Gasteiger partial charge in [0.05, 0.1) is 17.9 Å². The van der Waals surface area contributed by atoms with Gasteiger partial charge >= 0.3 is 5.97 Å². The molecule has 1 aromatic carbocycles. The molecule has 0 aliphatic rings. The van der Waals surface area contributed by atoms with Crippen LogP contribution in [-0.2, 0) is 4.74 Å². The Kier molecular flexibility index (Phi) is 3.44. The highest BCUT2D eigenvalue weighted by atomic mass is 16.5. The highest BCUT2D eigenvalue weighted by Crippen LogP contribution is 2.21. The second-order valence-electron chi connectivity index (χ2n) is 4.90. The standard InChI is InChI=1S/C17H16N2O2/c1-3-21-17(20)14-6-4-5-13(9-14)15-11-19-10-12(2)7-8-16(19)18-15/h4-11H,3H2,1-2H3. The van der Waals surface area contributed by atoms with Crippen LogP contribution in [0.3, 0.4) is 0 Å². The molecule has 0 aliphatic carbocycles. The maximum Gasteiger partial charge on any atom is 0.338 e. The molecule has 0 amide bonds. The van der Waals surface area contributed by atoms with Crippen LogP contribution >= 0.6 is 0 Å². The predicted octanol–water partition coefficient (Wildman–Crippen LogP) is 3.49. The summed E-state index contributed by atoms with van der Waals surface area (Å²) >= 11 is 0. The summed E-state index contributed by atoms with van der Waals surface area (Å²) in [6.07, 6.45) is 3.99. The first-order valence-electron chi connectivity index (χ1n) is 6.90. The fraction of sp³-hybridized carbons (Fsp3) is 0.176. The van der Waals surface area contributed by atoms with E-state index in [1.54, 1.807) is 13.0 Å². The molecule has 4 nitrogen and oxygen atoms in total. The van der Waals surface area contributed by atoms with Crippen molar-refractivity contribution in [3.8, 4) is 11.3 Å². The third-order valence-electron chi connectivity index (χ3n) is 3.27. The molecule has 0 aliphatic heterocycles. The van der Waals surface area contributed by atoms with Crippen molar-refractivity contribution < 1.29 is 9.53 Å². The Bertz CT molecular complexity index is 805. The summed E-state index contributed by atoms with van der Waals surface area (Å²) in [5, 5.41) is 0. The monoisotopic (exact) mass is 280 g/mol. The number of aryl methyl sites for hydroxylation is 1. The van der Waals surface area contributed by atoms with E-state index in [-0.39, 0.29) is 5.97 Å². The van der Waals surface area contributed by atoms with E-state index in [2.05, 4.69) is 4.98 Å². The molecule has 0 radical (unpaired) electrons. The zero-order valence-electron chi connectivity index (χ0n) is 12.0. The molecule has 3 aromatic rings. The van der Waals surface area contributed by atoms with E-state index in [1.807, 2.05) is 54.0 Å². The van der Waals surface area contributed by atoms with Crippen LogP contribution in [0.2, 0.25) is 0 Å². The number of nitrogens with zero attached hydrogens (tertiary/aromatic N) is 2. The molecule has 0 N–H and O–H groups in total. The lowest BCUT2D eigenvalue weighted by atomic mass is 10.1. The van der Waals surface area contributed by atoms with Crippen LogP contribution in [-0.4, -0.2) is 22.0 Å². The van der Waals surface area contributed by atoms with Crippen molar-refractivity contribution in [1.82, 2.24) is 9.38 Å². The SMILES string of the molecule is CCOC(=O)c1cccc(-c2cn3cc(C)ccc3n2)c1. The number of carbonyl (C=O) groups excluding carboxylic acids is 1. The highest BCUT2D eigenvalue weighted by molar-refractivity contribution is 5.90. The average molecular weight is 280 g/mol. The Labute approximate surface area is 123 Å². The van der Waals surface area contributed by atoms with E-state index < -0.39 is 0 Å². The average Bonchev–Trinajstić information content (AvgIpc) is 2.90. The third kappa shape index (κ3) is 2.65. The van der Waals surface area contributed by atoms with E-state index in [0.29, 0.717) is 12.2 Å². The van der Waals surface area contributed by atoms with Crippen molar-refractivity contribution in [1.29, 1.82) is 0 Å². The van der Waals surface area contributed by atoms with Crippen LogP contribution in [0.25, 0.3) is 16.9 Å². The highest BCUT2D eigenvalue weighted by Gasteiger charge is 2.10. The maximum atomic E-state index is 11.8. The zero-order chi connectivity index (χ0) is 14.8. The number of fused-ring (bicyclic) bond motifs is 1. The van der Waals surface area contributed by atoms with Crippen LogP contribution in [0.5, 0.6) is 0 Å². The molecule has 0 atom stereocenters. The molecule has 0 bridgehead atoms. The van der Waals surface area contributed by atoms with Gasteiger partial charge in [0.15, 0.2) is 0 Å². The normalized spacial score (nSPS) is 10.8. The fourth-order valence-electron chi connectivity index (χ4n) is 2.26. The molecular weight excluding hydrogens is 264 g/mol. The van der Waals surface area contributed by atoms with Crippen LogP contribution in [0, 0.1) is 6.92 Å². The van der Waals surface area contributed by atoms with Crippen molar-refractivity contribution in [3.63, 3.8) is 0 Å². The van der Waals surface area contributed by atoms with Crippen molar-refractivity contribution in [2.24, 2.45) is 0 Å². The van der Waals surface area contributed by atoms with E-state index in [9.17, 15) is 4.79 Å². The molecule has 0 fully saturated rings. The van der Waals surface area contributed by atoms with Gasteiger partial charge in [-0.1, -0.05) is 18.2 Å². The quantitative estimate of drug-likeness (QED) is 0.690. The lowest BCUT2D eigenvalue weighted by Gasteiger charge is -2.03.